The van der Waals surface area contributed by atoms with Crippen LogP contribution in [-0.4, -0.2) is 35.6 Å². The van der Waals surface area contributed by atoms with Crippen molar-refractivity contribution in [2.24, 2.45) is 17.6 Å². The number of alkyl halides is 1. The van der Waals surface area contributed by atoms with Gasteiger partial charge in [0, 0.05) is 13.1 Å². The van der Waals surface area contributed by atoms with Crippen molar-refractivity contribution >= 4 is 5.91 Å². The van der Waals surface area contributed by atoms with E-state index in [0.717, 1.165) is 0 Å². The summed E-state index contributed by atoms with van der Waals surface area (Å²) in [6, 6.07) is -0.457. The smallest absolute Gasteiger partial charge is 0.239 e. The first-order chi connectivity index (χ1) is 7.78. The van der Waals surface area contributed by atoms with E-state index in [1.165, 1.54) is 0 Å². The average Bonchev–Trinajstić information content (AvgIpc) is 2.27. The number of halogens is 1. The van der Waals surface area contributed by atoms with Crippen molar-refractivity contribution < 1.29 is 9.18 Å². The van der Waals surface area contributed by atoms with Gasteiger partial charge in [-0.2, -0.15) is 0 Å². The standard InChI is InChI=1S/C13H25FN2O/c1-9(2)11(15)12(17)16-7-5-13(14,6-8-16)10(3)4/h9-11H,5-8,15H2,1-4H3/t11-/m0/s1. The van der Waals surface area contributed by atoms with Crippen LogP contribution in [-0.2, 0) is 4.79 Å². The highest BCUT2D eigenvalue weighted by molar-refractivity contribution is 5.82. The van der Waals surface area contributed by atoms with Crippen LogP contribution in [0.2, 0.25) is 0 Å². The Bertz CT molecular complexity index is 271. The number of hydrogen-bond acceptors (Lipinski definition) is 2. The first-order valence-electron chi connectivity index (χ1n) is 6.51. The monoisotopic (exact) mass is 244 g/mol. The van der Waals surface area contributed by atoms with Crippen molar-refractivity contribution in [2.45, 2.75) is 52.2 Å². The van der Waals surface area contributed by atoms with Crippen molar-refractivity contribution in [1.82, 2.24) is 4.90 Å². The third-order valence-electron chi connectivity index (χ3n) is 3.94. The number of carbonyl (C=O) groups is 1. The Morgan fingerprint density at radius 3 is 2.06 bits per heavy atom. The quantitative estimate of drug-likeness (QED) is 0.825. The number of likely N-dealkylation sites (tertiary alicyclic amines) is 1. The van der Waals surface area contributed by atoms with Gasteiger partial charge in [-0.25, -0.2) is 4.39 Å². The molecular formula is C13H25FN2O. The van der Waals surface area contributed by atoms with E-state index < -0.39 is 11.7 Å². The van der Waals surface area contributed by atoms with Crippen LogP contribution in [0.5, 0.6) is 0 Å². The summed E-state index contributed by atoms with van der Waals surface area (Å²) in [6.45, 7) is 8.65. The van der Waals surface area contributed by atoms with E-state index in [-0.39, 0.29) is 17.7 Å². The highest BCUT2D eigenvalue weighted by Crippen LogP contribution is 2.33. The molecule has 0 bridgehead atoms. The molecule has 0 aliphatic carbocycles. The second-order valence-corrected chi connectivity index (χ2v) is 5.78. The molecule has 0 aromatic rings. The van der Waals surface area contributed by atoms with E-state index in [9.17, 15) is 9.18 Å². The number of rotatable bonds is 3. The molecule has 1 saturated heterocycles. The van der Waals surface area contributed by atoms with Gasteiger partial charge in [-0.05, 0) is 24.7 Å². The van der Waals surface area contributed by atoms with E-state index in [2.05, 4.69) is 0 Å². The molecule has 1 fully saturated rings. The molecule has 1 amide bonds. The summed E-state index contributed by atoms with van der Waals surface area (Å²) in [7, 11) is 0. The van der Waals surface area contributed by atoms with Crippen molar-refractivity contribution in [3.05, 3.63) is 0 Å². The lowest BCUT2D eigenvalue weighted by Crippen LogP contribution is -2.52. The van der Waals surface area contributed by atoms with Gasteiger partial charge in [-0.1, -0.05) is 27.7 Å². The second kappa shape index (κ2) is 5.34. The van der Waals surface area contributed by atoms with Crippen LogP contribution in [0.25, 0.3) is 0 Å². The van der Waals surface area contributed by atoms with E-state index >= 15 is 0 Å². The molecule has 3 nitrogen and oxygen atoms in total. The molecule has 1 aliphatic rings. The summed E-state index contributed by atoms with van der Waals surface area (Å²) >= 11 is 0. The molecule has 17 heavy (non-hydrogen) atoms. The maximum atomic E-state index is 14.3. The Morgan fingerprint density at radius 2 is 1.71 bits per heavy atom. The van der Waals surface area contributed by atoms with E-state index in [0.29, 0.717) is 25.9 Å². The van der Waals surface area contributed by atoms with Gasteiger partial charge in [0.25, 0.3) is 0 Å². The topological polar surface area (TPSA) is 46.3 Å². The van der Waals surface area contributed by atoms with Gasteiger partial charge in [-0.3, -0.25) is 4.79 Å². The van der Waals surface area contributed by atoms with Gasteiger partial charge < -0.3 is 10.6 Å². The molecule has 1 rings (SSSR count). The normalized spacial score (nSPS) is 22.0. The van der Waals surface area contributed by atoms with E-state index in [1.807, 2.05) is 27.7 Å². The zero-order valence-electron chi connectivity index (χ0n) is 11.4. The molecule has 0 aromatic heterocycles. The fraction of sp³-hybridized carbons (Fsp3) is 0.923. The van der Waals surface area contributed by atoms with Gasteiger partial charge in [0.1, 0.15) is 5.67 Å². The molecule has 1 heterocycles. The predicted molar refractivity (Wildman–Crippen MR) is 67.3 cm³/mol. The van der Waals surface area contributed by atoms with Gasteiger partial charge in [0.05, 0.1) is 6.04 Å². The number of piperidine rings is 1. The lowest BCUT2D eigenvalue weighted by atomic mass is 9.83. The van der Waals surface area contributed by atoms with Crippen LogP contribution in [0.15, 0.2) is 0 Å². The molecular weight excluding hydrogens is 219 g/mol. The maximum absolute atomic E-state index is 14.3. The van der Waals surface area contributed by atoms with Gasteiger partial charge >= 0.3 is 0 Å². The third-order valence-corrected chi connectivity index (χ3v) is 3.94. The lowest BCUT2D eigenvalue weighted by molar-refractivity contribution is -0.136. The molecule has 0 saturated carbocycles. The SMILES string of the molecule is CC(C)[C@H](N)C(=O)N1CCC(F)(C(C)C)CC1. The number of amides is 1. The minimum atomic E-state index is -1.11. The van der Waals surface area contributed by atoms with Crippen LogP contribution in [0.4, 0.5) is 4.39 Å². The molecule has 1 aliphatic heterocycles. The number of hydrogen-bond donors (Lipinski definition) is 1. The highest BCUT2D eigenvalue weighted by atomic mass is 19.1. The van der Waals surface area contributed by atoms with Crippen LogP contribution in [0.1, 0.15) is 40.5 Å². The minimum Gasteiger partial charge on any atom is -0.341 e. The number of nitrogens with two attached hydrogens (primary N) is 1. The molecule has 0 spiro atoms. The fourth-order valence-electron chi connectivity index (χ4n) is 2.17. The van der Waals surface area contributed by atoms with E-state index in [4.69, 9.17) is 5.73 Å². The first-order valence-corrected chi connectivity index (χ1v) is 6.51. The van der Waals surface area contributed by atoms with E-state index in [1.54, 1.807) is 4.90 Å². The summed E-state index contributed by atoms with van der Waals surface area (Å²) < 4.78 is 14.3. The zero-order valence-corrected chi connectivity index (χ0v) is 11.4. The Balaban J connectivity index is 2.55. The average molecular weight is 244 g/mol. The summed E-state index contributed by atoms with van der Waals surface area (Å²) in [5, 5.41) is 0. The van der Waals surface area contributed by atoms with Gasteiger partial charge in [0.2, 0.25) is 5.91 Å². The Labute approximate surface area is 104 Å². The number of nitrogens with zero attached hydrogens (tertiary/aromatic N) is 1. The van der Waals surface area contributed by atoms with Crippen LogP contribution >= 0.6 is 0 Å². The van der Waals surface area contributed by atoms with Crippen LogP contribution in [0, 0.1) is 11.8 Å². The minimum absolute atomic E-state index is 0.0125. The second-order valence-electron chi connectivity index (χ2n) is 5.78. The molecule has 2 N–H and O–H groups in total. The lowest BCUT2D eigenvalue weighted by Gasteiger charge is -2.39. The van der Waals surface area contributed by atoms with Crippen molar-refractivity contribution in [3.63, 3.8) is 0 Å². The number of carbonyl (C=O) groups excluding carboxylic acids is 1. The summed E-state index contributed by atoms with van der Waals surface area (Å²) in [5.74, 6) is 0.106. The maximum Gasteiger partial charge on any atom is 0.239 e. The van der Waals surface area contributed by atoms with Crippen molar-refractivity contribution in [2.75, 3.05) is 13.1 Å². The van der Waals surface area contributed by atoms with Gasteiger partial charge in [0.15, 0.2) is 0 Å². The first kappa shape index (κ1) is 14.4. The fourth-order valence-corrected chi connectivity index (χ4v) is 2.17. The third kappa shape index (κ3) is 3.18. The summed E-state index contributed by atoms with van der Waals surface area (Å²) in [5.41, 5.74) is 4.72. The summed E-state index contributed by atoms with van der Waals surface area (Å²) in [6.07, 6.45) is 0.864. The predicted octanol–water partition coefficient (Wildman–Crippen LogP) is 1.96. The Kier molecular flexibility index (Phi) is 4.53. The Morgan fingerprint density at radius 1 is 1.24 bits per heavy atom. The molecule has 100 valence electrons. The molecule has 0 aromatic carbocycles. The molecule has 1 atom stereocenters. The largest absolute Gasteiger partial charge is 0.341 e. The highest BCUT2D eigenvalue weighted by Gasteiger charge is 2.39. The molecule has 0 unspecified atom stereocenters. The zero-order chi connectivity index (χ0) is 13.2. The van der Waals surface area contributed by atoms with Crippen LogP contribution < -0.4 is 5.73 Å². The van der Waals surface area contributed by atoms with Crippen LogP contribution in [0.3, 0.4) is 0 Å². The molecule has 4 heteroatoms. The van der Waals surface area contributed by atoms with Gasteiger partial charge in [-0.15, -0.1) is 0 Å². The Hall–Kier alpha value is -0.640. The van der Waals surface area contributed by atoms with Crippen molar-refractivity contribution in [3.8, 4) is 0 Å². The summed E-state index contributed by atoms with van der Waals surface area (Å²) in [4.78, 5) is 13.7. The molecule has 0 radical (unpaired) electrons. The van der Waals surface area contributed by atoms with Crippen molar-refractivity contribution in [1.29, 1.82) is 0 Å².